The monoisotopic (exact) mass is 422 g/mol. The van der Waals surface area contributed by atoms with E-state index in [1.54, 1.807) is 14.2 Å². The van der Waals surface area contributed by atoms with E-state index < -0.39 is 0 Å². The summed E-state index contributed by atoms with van der Waals surface area (Å²) in [6.45, 7) is 5.44. The lowest BCUT2D eigenvalue weighted by Crippen LogP contribution is -2.36. The molecule has 31 heavy (non-hydrogen) atoms. The molecule has 0 amide bonds. The van der Waals surface area contributed by atoms with Crippen LogP contribution in [0, 0.1) is 6.92 Å². The Balaban J connectivity index is 1.33. The zero-order valence-corrected chi connectivity index (χ0v) is 18.5. The van der Waals surface area contributed by atoms with Crippen molar-refractivity contribution in [2.75, 3.05) is 27.3 Å². The van der Waals surface area contributed by atoms with Crippen molar-refractivity contribution in [3.63, 3.8) is 0 Å². The summed E-state index contributed by atoms with van der Waals surface area (Å²) in [5.74, 6) is 2.81. The van der Waals surface area contributed by atoms with Crippen molar-refractivity contribution < 1.29 is 18.6 Å². The molecule has 0 bridgehead atoms. The molecule has 1 saturated heterocycles. The van der Waals surface area contributed by atoms with Crippen LogP contribution in [0.25, 0.3) is 11.5 Å². The van der Waals surface area contributed by atoms with Gasteiger partial charge in [0.05, 0.1) is 32.6 Å². The van der Waals surface area contributed by atoms with Crippen LogP contribution < -0.4 is 9.47 Å². The number of hydrogen-bond acceptors (Lipinski definition) is 6. The van der Waals surface area contributed by atoms with E-state index in [0.29, 0.717) is 30.1 Å². The standard InChI is InChI=1S/C25H30N2O4/c1-18-22(26-25(31-18)20-9-10-23(28-2)24(15-20)29-3)16-27-13-11-21(12-14-27)30-17-19-7-5-4-6-8-19/h4-10,15,21H,11-14,16-17H2,1-3H3. The van der Waals surface area contributed by atoms with Gasteiger partial charge in [-0.3, -0.25) is 4.90 Å². The number of methoxy groups -OCH3 is 2. The second-order valence-corrected chi connectivity index (χ2v) is 7.86. The highest BCUT2D eigenvalue weighted by atomic mass is 16.5. The summed E-state index contributed by atoms with van der Waals surface area (Å²) >= 11 is 0. The molecule has 164 valence electrons. The van der Waals surface area contributed by atoms with Gasteiger partial charge in [-0.15, -0.1) is 0 Å². The molecular weight excluding hydrogens is 392 g/mol. The van der Waals surface area contributed by atoms with Crippen LogP contribution in [-0.4, -0.2) is 43.3 Å². The van der Waals surface area contributed by atoms with Gasteiger partial charge in [0.15, 0.2) is 11.5 Å². The third-order valence-electron chi connectivity index (χ3n) is 5.76. The second kappa shape index (κ2) is 9.98. The van der Waals surface area contributed by atoms with Crippen molar-refractivity contribution in [1.82, 2.24) is 9.88 Å². The Kier molecular flexibility index (Phi) is 6.89. The van der Waals surface area contributed by atoms with E-state index in [-0.39, 0.29) is 0 Å². The molecule has 3 aromatic rings. The molecule has 1 aliphatic rings. The first kappa shape index (κ1) is 21.4. The van der Waals surface area contributed by atoms with E-state index in [1.165, 1.54) is 5.56 Å². The summed E-state index contributed by atoms with van der Waals surface area (Å²) in [5, 5.41) is 0. The fourth-order valence-corrected chi connectivity index (χ4v) is 3.90. The fraction of sp³-hybridized carbons (Fsp3) is 0.400. The van der Waals surface area contributed by atoms with Crippen LogP contribution in [0.1, 0.15) is 29.9 Å². The third kappa shape index (κ3) is 5.27. The molecule has 0 aliphatic carbocycles. The first-order chi connectivity index (χ1) is 15.2. The van der Waals surface area contributed by atoms with Gasteiger partial charge in [0.25, 0.3) is 0 Å². The maximum Gasteiger partial charge on any atom is 0.226 e. The summed E-state index contributed by atoms with van der Waals surface area (Å²) in [4.78, 5) is 7.19. The lowest BCUT2D eigenvalue weighted by Gasteiger charge is -2.31. The van der Waals surface area contributed by atoms with Crippen LogP contribution in [0.5, 0.6) is 11.5 Å². The summed E-state index contributed by atoms with van der Waals surface area (Å²) in [5.41, 5.74) is 3.08. The van der Waals surface area contributed by atoms with Crippen molar-refractivity contribution >= 4 is 0 Å². The van der Waals surface area contributed by atoms with Gasteiger partial charge < -0.3 is 18.6 Å². The van der Waals surface area contributed by atoms with E-state index in [9.17, 15) is 0 Å². The SMILES string of the molecule is COc1ccc(-c2nc(CN3CCC(OCc4ccccc4)CC3)c(C)o2)cc1OC. The Hall–Kier alpha value is -2.83. The quantitative estimate of drug-likeness (QED) is 0.517. The molecule has 0 saturated carbocycles. The average molecular weight is 423 g/mol. The lowest BCUT2D eigenvalue weighted by atomic mass is 10.1. The molecule has 6 heteroatoms. The molecule has 0 radical (unpaired) electrons. The van der Waals surface area contributed by atoms with Crippen LogP contribution in [0.3, 0.4) is 0 Å². The molecule has 1 aliphatic heterocycles. The molecule has 1 fully saturated rings. The van der Waals surface area contributed by atoms with Crippen LogP contribution in [0.15, 0.2) is 52.9 Å². The average Bonchev–Trinajstić information content (AvgIpc) is 3.18. The minimum Gasteiger partial charge on any atom is -0.493 e. The first-order valence-corrected chi connectivity index (χ1v) is 10.7. The Labute approximate surface area is 183 Å². The van der Waals surface area contributed by atoms with Crippen molar-refractivity contribution in [3.8, 4) is 23.0 Å². The zero-order chi connectivity index (χ0) is 21.6. The van der Waals surface area contributed by atoms with Gasteiger partial charge >= 0.3 is 0 Å². The van der Waals surface area contributed by atoms with E-state index in [1.807, 2.05) is 31.2 Å². The molecule has 0 N–H and O–H groups in total. The predicted molar refractivity (Wildman–Crippen MR) is 119 cm³/mol. The molecule has 2 aromatic carbocycles. The molecular formula is C25H30N2O4. The van der Waals surface area contributed by atoms with E-state index in [2.05, 4.69) is 29.2 Å². The number of likely N-dealkylation sites (tertiary alicyclic amines) is 1. The summed E-state index contributed by atoms with van der Waals surface area (Å²) in [6.07, 6.45) is 2.38. The molecule has 0 spiro atoms. The van der Waals surface area contributed by atoms with Crippen LogP contribution in [0.2, 0.25) is 0 Å². The Morgan fingerprint density at radius 3 is 2.45 bits per heavy atom. The van der Waals surface area contributed by atoms with E-state index in [4.69, 9.17) is 23.6 Å². The molecule has 0 atom stereocenters. The van der Waals surface area contributed by atoms with E-state index in [0.717, 1.165) is 49.5 Å². The van der Waals surface area contributed by atoms with Gasteiger partial charge in [-0.2, -0.15) is 0 Å². The minimum atomic E-state index is 0.317. The largest absolute Gasteiger partial charge is 0.493 e. The Morgan fingerprint density at radius 2 is 1.74 bits per heavy atom. The number of ether oxygens (including phenoxy) is 3. The summed E-state index contributed by atoms with van der Waals surface area (Å²) < 4.78 is 22.8. The zero-order valence-electron chi connectivity index (χ0n) is 18.5. The van der Waals surface area contributed by atoms with Crippen molar-refractivity contribution in [2.45, 2.75) is 39.0 Å². The van der Waals surface area contributed by atoms with Gasteiger partial charge in [0, 0.05) is 25.2 Å². The third-order valence-corrected chi connectivity index (χ3v) is 5.76. The smallest absolute Gasteiger partial charge is 0.226 e. The second-order valence-electron chi connectivity index (χ2n) is 7.86. The van der Waals surface area contributed by atoms with Gasteiger partial charge in [0.1, 0.15) is 5.76 Å². The predicted octanol–water partition coefficient (Wildman–Crippen LogP) is 4.85. The normalized spacial score (nSPS) is 15.2. The Morgan fingerprint density at radius 1 is 1.00 bits per heavy atom. The molecule has 1 aromatic heterocycles. The number of piperidine rings is 1. The Bertz CT molecular complexity index is 978. The molecule has 4 rings (SSSR count). The van der Waals surface area contributed by atoms with Crippen molar-refractivity contribution in [2.24, 2.45) is 0 Å². The minimum absolute atomic E-state index is 0.317. The number of rotatable bonds is 8. The molecule has 2 heterocycles. The first-order valence-electron chi connectivity index (χ1n) is 10.7. The topological polar surface area (TPSA) is 57.0 Å². The number of oxazole rings is 1. The van der Waals surface area contributed by atoms with Gasteiger partial charge in [0.2, 0.25) is 5.89 Å². The number of aryl methyl sites for hydroxylation is 1. The van der Waals surface area contributed by atoms with Crippen molar-refractivity contribution in [1.29, 1.82) is 0 Å². The molecule has 0 unspecified atom stereocenters. The highest BCUT2D eigenvalue weighted by Gasteiger charge is 2.22. The van der Waals surface area contributed by atoms with Gasteiger partial charge in [-0.05, 0) is 43.5 Å². The lowest BCUT2D eigenvalue weighted by molar-refractivity contribution is -0.00418. The number of nitrogens with zero attached hydrogens (tertiary/aromatic N) is 2. The van der Waals surface area contributed by atoms with E-state index >= 15 is 0 Å². The number of hydrogen-bond donors (Lipinski definition) is 0. The number of aromatic nitrogens is 1. The number of benzene rings is 2. The van der Waals surface area contributed by atoms with Gasteiger partial charge in [-0.25, -0.2) is 4.98 Å². The van der Waals surface area contributed by atoms with Crippen LogP contribution in [0.4, 0.5) is 0 Å². The molecule has 6 nitrogen and oxygen atoms in total. The fourth-order valence-electron chi connectivity index (χ4n) is 3.90. The maximum absolute atomic E-state index is 6.11. The highest BCUT2D eigenvalue weighted by molar-refractivity contribution is 5.60. The van der Waals surface area contributed by atoms with Crippen LogP contribution in [-0.2, 0) is 17.9 Å². The summed E-state index contributed by atoms with van der Waals surface area (Å²) in [6, 6.07) is 16.1. The highest BCUT2D eigenvalue weighted by Crippen LogP contribution is 2.33. The summed E-state index contributed by atoms with van der Waals surface area (Å²) in [7, 11) is 3.25. The van der Waals surface area contributed by atoms with Crippen molar-refractivity contribution in [3.05, 3.63) is 65.5 Å². The van der Waals surface area contributed by atoms with Gasteiger partial charge in [-0.1, -0.05) is 30.3 Å². The maximum atomic E-state index is 6.11. The van der Waals surface area contributed by atoms with Crippen LogP contribution >= 0.6 is 0 Å².